The maximum Gasteiger partial charge on any atom is 0.260 e. The minimum absolute atomic E-state index is 0.0202. The molecule has 6 nitrogen and oxygen atoms in total. The lowest BCUT2D eigenvalue weighted by Gasteiger charge is -2.07. The molecule has 0 radical (unpaired) electrons. The van der Waals surface area contributed by atoms with Gasteiger partial charge in [-0.25, -0.2) is 18.1 Å². The van der Waals surface area contributed by atoms with Crippen LogP contribution in [0.1, 0.15) is 13.8 Å². The lowest BCUT2D eigenvalue weighted by atomic mass is 10.4. The van der Waals surface area contributed by atoms with Crippen LogP contribution in [-0.2, 0) is 10.0 Å². The lowest BCUT2D eigenvalue weighted by Crippen LogP contribution is -2.30. The van der Waals surface area contributed by atoms with Crippen molar-refractivity contribution in [3.8, 4) is 0 Å². The molecule has 1 rings (SSSR count). The molecule has 0 amide bonds. The van der Waals surface area contributed by atoms with Crippen LogP contribution >= 0.6 is 0 Å². The molecule has 0 saturated heterocycles. The predicted octanol–water partition coefficient (Wildman–Crippen LogP) is -0.321. The van der Waals surface area contributed by atoms with Crippen LogP contribution in [0.3, 0.4) is 0 Å². The molecule has 0 aromatic carbocycles. The summed E-state index contributed by atoms with van der Waals surface area (Å²) in [5.74, 6) is -0.0202. The molecule has 74 valence electrons. The van der Waals surface area contributed by atoms with Crippen molar-refractivity contribution >= 4 is 15.8 Å². The number of nitrogen functional groups attached to an aromatic ring is 1. The summed E-state index contributed by atoms with van der Waals surface area (Å²) in [6.45, 7) is 3.45. The van der Waals surface area contributed by atoms with Crippen LogP contribution in [0.5, 0.6) is 0 Å². The number of imidazole rings is 1. The van der Waals surface area contributed by atoms with Gasteiger partial charge in [0.05, 0.1) is 6.33 Å². The highest BCUT2D eigenvalue weighted by Crippen LogP contribution is 2.11. The largest absolute Gasteiger partial charge is 0.381 e. The Labute approximate surface area is 76.6 Å². The van der Waals surface area contributed by atoms with Crippen LogP contribution in [0.2, 0.25) is 0 Å². The minimum atomic E-state index is -3.54. The molecular formula is C6H12N4O2S. The van der Waals surface area contributed by atoms with E-state index >= 15 is 0 Å². The molecule has 0 aliphatic heterocycles. The number of nitrogens with two attached hydrogens (primary N) is 1. The third-order valence-corrected chi connectivity index (χ3v) is 2.94. The molecule has 0 saturated carbocycles. The van der Waals surface area contributed by atoms with Gasteiger partial charge in [-0.15, -0.1) is 0 Å². The second-order valence-corrected chi connectivity index (χ2v) is 4.54. The predicted molar refractivity (Wildman–Crippen MR) is 48.5 cm³/mol. The number of hydrogen-bond acceptors (Lipinski definition) is 4. The van der Waals surface area contributed by atoms with Crippen LogP contribution in [-0.4, -0.2) is 24.4 Å². The van der Waals surface area contributed by atoms with Crippen molar-refractivity contribution in [2.75, 3.05) is 5.73 Å². The molecular weight excluding hydrogens is 192 g/mol. The summed E-state index contributed by atoms with van der Waals surface area (Å²) in [5.41, 5.74) is 5.34. The zero-order valence-electron chi connectivity index (χ0n) is 7.40. The maximum absolute atomic E-state index is 11.5. The fourth-order valence-electron chi connectivity index (χ4n) is 0.877. The summed E-state index contributed by atoms with van der Waals surface area (Å²) >= 11 is 0. The van der Waals surface area contributed by atoms with E-state index in [9.17, 15) is 8.42 Å². The molecule has 0 aliphatic carbocycles. The Bertz CT molecular complexity index is 381. The van der Waals surface area contributed by atoms with Gasteiger partial charge in [0.25, 0.3) is 10.0 Å². The zero-order chi connectivity index (χ0) is 10.1. The Morgan fingerprint density at radius 2 is 2.23 bits per heavy atom. The highest BCUT2D eigenvalue weighted by atomic mass is 32.2. The van der Waals surface area contributed by atoms with Gasteiger partial charge in [0.15, 0.2) is 10.8 Å². The molecule has 1 aromatic heterocycles. The molecule has 0 fully saturated rings. The van der Waals surface area contributed by atoms with Gasteiger partial charge in [-0.1, -0.05) is 0 Å². The number of H-pyrrole nitrogens is 1. The van der Waals surface area contributed by atoms with Crippen LogP contribution in [0, 0.1) is 0 Å². The standard InChI is InChI=1S/C6H12N4O2S/c1-4(2)10-13(11,12)6-5(7)8-3-9-6/h3-4,10H,7H2,1-2H3,(H,8,9). The quantitative estimate of drug-likeness (QED) is 0.628. The molecule has 1 heterocycles. The Morgan fingerprint density at radius 1 is 1.62 bits per heavy atom. The normalized spacial score (nSPS) is 12.2. The number of hydrogen-bond donors (Lipinski definition) is 3. The van der Waals surface area contributed by atoms with Crippen LogP contribution in [0.25, 0.3) is 0 Å². The van der Waals surface area contributed by atoms with E-state index in [4.69, 9.17) is 5.73 Å². The fourth-order valence-corrected chi connectivity index (χ4v) is 2.15. The van der Waals surface area contributed by atoms with E-state index in [-0.39, 0.29) is 16.9 Å². The first-order chi connectivity index (χ1) is 5.93. The second-order valence-electron chi connectivity index (χ2n) is 2.89. The number of nitrogens with zero attached hydrogens (tertiary/aromatic N) is 1. The Hall–Kier alpha value is -1.08. The lowest BCUT2D eigenvalue weighted by molar-refractivity contribution is 0.567. The fraction of sp³-hybridized carbons (Fsp3) is 0.500. The highest BCUT2D eigenvalue weighted by Gasteiger charge is 2.20. The molecule has 0 bridgehead atoms. The average molecular weight is 204 g/mol. The van der Waals surface area contributed by atoms with Gasteiger partial charge >= 0.3 is 0 Å². The molecule has 0 aliphatic rings. The van der Waals surface area contributed by atoms with E-state index in [0.29, 0.717) is 0 Å². The second kappa shape index (κ2) is 3.35. The van der Waals surface area contributed by atoms with E-state index in [1.165, 1.54) is 6.33 Å². The molecule has 0 unspecified atom stereocenters. The smallest absolute Gasteiger partial charge is 0.260 e. The Morgan fingerprint density at radius 3 is 2.62 bits per heavy atom. The first-order valence-corrected chi connectivity index (χ1v) is 5.23. The Balaban J connectivity index is 3.02. The van der Waals surface area contributed by atoms with Crippen molar-refractivity contribution in [2.24, 2.45) is 0 Å². The monoisotopic (exact) mass is 204 g/mol. The van der Waals surface area contributed by atoms with Gasteiger partial charge in [0, 0.05) is 6.04 Å². The number of anilines is 1. The Kier molecular flexibility index (Phi) is 2.58. The first-order valence-electron chi connectivity index (χ1n) is 3.74. The van der Waals surface area contributed by atoms with Gasteiger partial charge in [0.1, 0.15) is 0 Å². The van der Waals surface area contributed by atoms with Crippen LogP contribution in [0.15, 0.2) is 11.4 Å². The van der Waals surface area contributed by atoms with E-state index in [2.05, 4.69) is 14.7 Å². The number of sulfonamides is 1. The number of nitrogens with one attached hydrogen (secondary N) is 2. The van der Waals surface area contributed by atoms with Crippen molar-refractivity contribution in [1.29, 1.82) is 0 Å². The van der Waals surface area contributed by atoms with E-state index in [0.717, 1.165) is 0 Å². The molecule has 4 N–H and O–H groups in total. The van der Waals surface area contributed by atoms with Crippen molar-refractivity contribution < 1.29 is 8.42 Å². The van der Waals surface area contributed by atoms with E-state index in [1.807, 2.05) is 0 Å². The van der Waals surface area contributed by atoms with E-state index in [1.54, 1.807) is 13.8 Å². The number of aromatic nitrogens is 2. The molecule has 0 spiro atoms. The topological polar surface area (TPSA) is 101 Å². The van der Waals surface area contributed by atoms with Gasteiger partial charge in [0.2, 0.25) is 0 Å². The van der Waals surface area contributed by atoms with Crippen molar-refractivity contribution in [2.45, 2.75) is 24.9 Å². The molecule has 0 atom stereocenters. The molecule has 1 aromatic rings. The number of rotatable bonds is 3. The average Bonchev–Trinajstić information content (AvgIpc) is 2.32. The van der Waals surface area contributed by atoms with Crippen molar-refractivity contribution in [3.63, 3.8) is 0 Å². The van der Waals surface area contributed by atoms with Crippen molar-refractivity contribution in [3.05, 3.63) is 6.33 Å². The zero-order valence-corrected chi connectivity index (χ0v) is 8.22. The summed E-state index contributed by atoms with van der Waals surface area (Å²) in [6, 6.07) is -0.173. The summed E-state index contributed by atoms with van der Waals surface area (Å²) < 4.78 is 25.3. The first kappa shape index (κ1) is 10.0. The minimum Gasteiger partial charge on any atom is -0.381 e. The summed E-state index contributed by atoms with van der Waals surface area (Å²) in [6.07, 6.45) is 1.24. The SMILES string of the molecule is CC(C)NS(=O)(=O)c1[nH]cnc1N. The third kappa shape index (κ3) is 2.19. The van der Waals surface area contributed by atoms with Gasteiger partial charge in [-0.05, 0) is 13.8 Å². The van der Waals surface area contributed by atoms with Crippen LogP contribution < -0.4 is 10.5 Å². The van der Waals surface area contributed by atoms with Gasteiger partial charge in [-0.3, -0.25) is 0 Å². The van der Waals surface area contributed by atoms with Gasteiger partial charge in [-0.2, -0.15) is 0 Å². The summed E-state index contributed by atoms with van der Waals surface area (Å²) in [7, 11) is -3.54. The highest BCUT2D eigenvalue weighted by molar-refractivity contribution is 7.89. The molecule has 13 heavy (non-hydrogen) atoms. The number of aromatic amines is 1. The van der Waals surface area contributed by atoms with Gasteiger partial charge < -0.3 is 10.7 Å². The summed E-state index contributed by atoms with van der Waals surface area (Å²) in [4.78, 5) is 6.06. The summed E-state index contributed by atoms with van der Waals surface area (Å²) in [5, 5.41) is -0.0822. The van der Waals surface area contributed by atoms with E-state index < -0.39 is 10.0 Å². The third-order valence-electron chi connectivity index (χ3n) is 1.29. The van der Waals surface area contributed by atoms with Crippen LogP contribution in [0.4, 0.5) is 5.82 Å². The van der Waals surface area contributed by atoms with Crippen molar-refractivity contribution in [1.82, 2.24) is 14.7 Å². The maximum atomic E-state index is 11.5. The molecule has 7 heteroatoms.